The van der Waals surface area contributed by atoms with Crippen molar-refractivity contribution in [3.8, 4) is 11.1 Å². The summed E-state index contributed by atoms with van der Waals surface area (Å²) >= 11 is 0. The molecular weight excluding hydrogens is 276 g/mol. The minimum atomic E-state index is -0.428. The van der Waals surface area contributed by atoms with Gasteiger partial charge in [0.1, 0.15) is 0 Å². The fourth-order valence-corrected chi connectivity index (χ4v) is 3.14. The fraction of sp³-hybridized carbons (Fsp3) is 0.278. The molecule has 1 aliphatic rings. The molecule has 4 heteroatoms. The second-order valence-electron chi connectivity index (χ2n) is 5.67. The van der Waals surface area contributed by atoms with Crippen LogP contribution in [-0.4, -0.2) is 16.3 Å². The Bertz CT molecular complexity index is 777. The predicted molar refractivity (Wildman–Crippen MR) is 88.9 cm³/mol. The Balaban J connectivity index is 2.12. The van der Waals surface area contributed by atoms with Gasteiger partial charge in [-0.15, -0.1) is 6.58 Å². The molecule has 0 radical (unpaired) electrons. The fourth-order valence-electron chi connectivity index (χ4n) is 3.14. The number of hydrogen-bond acceptors (Lipinski definition) is 3. The molecule has 1 aromatic heterocycles. The first-order valence-electron chi connectivity index (χ1n) is 7.52. The summed E-state index contributed by atoms with van der Waals surface area (Å²) in [4.78, 5) is 12.0. The van der Waals surface area contributed by atoms with E-state index in [9.17, 15) is 9.90 Å². The van der Waals surface area contributed by atoms with Crippen molar-refractivity contribution >= 4 is 5.69 Å². The molecule has 114 valence electrons. The third-order valence-corrected chi connectivity index (χ3v) is 4.39. The van der Waals surface area contributed by atoms with Gasteiger partial charge in [0, 0.05) is 29.1 Å². The molecule has 1 heterocycles. The number of nitrogens with two attached hydrogens (primary N) is 1. The molecule has 4 nitrogen and oxygen atoms in total. The number of aryl methyl sites for hydroxylation is 1. The summed E-state index contributed by atoms with van der Waals surface area (Å²) in [5, 5.41) is 9.39. The summed E-state index contributed by atoms with van der Waals surface area (Å²) in [5.74, 6) is 0. The molecule has 0 fully saturated rings. The minimum Gasteiger partial charge on any atom is -0.398 e. The number of aromatic nitrogens is 1. The predicted octanol–water partition coefficient (Wildman–Crippen LogP) is 2.31. The van der Waals surface area contributed by atoms with Crippen molar-refractivity contribution < 1.29 is 5.11 Å². The number of aliphatic hydroxyl groups is 1. The van der Waals surface area contributed by atoms with Gasteiger partial charge in [0.05, 0.1) is 12.6 Å². The maximum absolute atomic E-state index is 12.0. The Kier molecular flexibility index (Phi) is 3.86. The number of rotatable bonds is 4. The molecule has 3 rings (SSSR count). The first-order chi connectivity index (χ1) is 10.7. The lowest BCUT2D eigenvalue weighted by atomic mass is 9.98. The van der Waals surface area contributed by atoms with Crippen molar-refractivity contribution in [2.45, 2.75) is 25.3 Å². The van der Waals surface area contributed by atoms with Crippen molar-refractivity contribution in [3.63, 3.8) is 0 Å². The molecule has 0 saturated carbocycles. The van der Waals surface area contributed by atoms with E-state index in [1.807, 2.05) is 6.07 Å². The van der Waals surface area contributed by atoms with Gasteiger partial charge in [-0.05, 0) is 36.5 Å². The highest BCUT2D eigenvalue weighted by atomic mass is 16.3. The van der Waals surface area contributed by atoms with Gasteiger partial charge in [0.25, 0.3) is 5.56 Å². The van der Waals surface area contributed by atoms with Crippen molar-refractivity contribution in [3.05, 3.63) is 64.6 Å². The molecule has 1 aliphatic carbocycles. The summed E-state index contributed by atoms with van der Waals surface area (Å²) in [5.41, 5.74) is 11.4. The summed E-state index contributed by atoms with van der Waals surface area (Å²) in [6.45, 7) is 3.51. The van der Waals surface area contributed by atoms with E-state index in [2.05, 4.69) is 12.6 Å². The Morgan fingerprint density at radius 3 is 2.86 bits per heavy atom. The van der Waals surface area contributed by atoms with E-state index in [4.69, 9.17) is 5.73 Å². The third kappa shape index (κ3) is 2.35. The van der Waals surface area contributed by atoms with Gasteiger partial charge in [-0.2, -0.15) is 0 Å². The van der Waals surface area contributed by atoms with Gasteiger partial charge in [-0.25, -0.2) is 0 Å². The molecule has 0 saturated heterocycles. The lowest BCUT2D eigenvalue weighted by molar-refractivity contribution is 0.251. The van der Waals surface area contributed by atoms with Crippen molar-refractivity contribution in [1.82, 2.24) is 4.57 Å². The topological polar surface area (TPSA) is 68.2 Å². The van der Waals surface area contributed by atoms with Crippen LogP contribution in [0.15, 0.2) is 47.9 Å². The molecule has 0 bridgehead atoms. The van der Waals surface area contributed by atoms with Gasteiger partial charge in [-0.3, -0.25) is 4.79 Å². The van der Waals surface area contributed by atoms with Crippen LogP contribution in [-0.2, 0) is 12.8 Å². The Morgan fingerprint density at radius 2 is 2.14 bits per heavy atom. The summed E-state index contributed by atoms with van der Waals surface area (Å²) in [6, 6.07) is 7.01. The van der Waals surface area contributed by atoms with E-state index < -0.39 is 6.04 Å². The minimum absolute atomic E-state index is 0.160. The molecule has 1 atom stereocenters. The van der Waals surface area contributed by atoms with Crippen LogP contribution in [0.5, 0.6) is 0 Å². The standard InChI is InChI=1S/C18H20N2O2/c1-2-14(11-21)20-10-13(7-9-17(20)22)16-8-6-12-4-3-5-15(12)18(16)19/h2,6-10,14,21H,1,3-5,11,19H2. The lowest BCUT2D eigenvalue weighted by Gasteiger charge is -2.16. The normalized spacial score (nSPS) is 14.6. The number of anilines is 1. The summed E-state index contributed by atoms with van der Waals surface area (Å²) < 4.78 is 1.50. The van der Waals surface area contributed by atoms with Crippen LogP contribution < -0.4 is 11.3 Å². The number of nitrogens with zero attached hydrogens (tertiary/aromatic N) is 1. The van der Waals surface area contributed by atoms with E-state index in [0.29, 0.717) is 0 Å². The maximum atomic E-state index is 12.0. The first-order valence-corrected chi connectivity index (χ1v) is 7.52. The highest BCUT2D eigenvalue weighted by molar-refractivity contribution is 5.79. The molecular formula is C18H20N2O2. The van der Waals surface area contributed by atoms with Crippen LogP contribution in [0, 0.1) is 0 Å². The molecule has 2 aromatic rings. The molecule has 22 heavy (non-hydrogen) atoms. The highest BCUT2D eigenvalue weighted by Crippen LogP contribution is 2.35. The van der Waals surface area contributed by atoms with E-state index in [1.165, 1.54) is 21.8 Å². The number of hydrogen-bond donors (Lipinski definition) is 2. The highest BCUT2D eigenvalue weighted by Gasteiger charge is 2.17. The zero-order chi connectivity index (χ0) is 15.7. The van der Waals surface area contributed by atoms with Gasteiger partial charge >= 0.3 is 0 Å². The van der Waals surface area contributed by atoms with Crippen LogP contribution >= 0.6 is 0 Å². The third-order valence-electron chi connectivity index (χ3n) is 4.39. The number of fused-ring (bicyclic) bond motifs is 1. The largest absolute Gasteiger partial charge is 0.398 e. The van der Waals surface area contributed by atoms with Crippen LogP contribution in [0.3, 0.4) is 0 Å². The van der Waals surface area contributed by atoms with E-state index >= 15 is 0 Å². The molecule has 1 aromatic carbocycles. The first kappa shape index (κ1) is 14.6. The zero-order valence-corrected chi connectivity index (χ0v) is 12.5. The molecule has 3 N–H and O–H groups in total. The monoisotopic (exact) mass is 296 g/mol. The smallest absolute Gasteiger partial charge is 0.251 e. The number of pyridine rings is 1. The van der Waals surface area contributed by atoms with Gasteiger partial charge in [0.15, 0.2) is 0 Å². The second-order valence-corrected chi connectivity index (χ2v) is 5.67. The van der Waals surface area contributed by atoms with Crippen LogP contribution in [0.2, 0.25) is 0 Å². The quantitative estimate of drug-likeness (QED) is 0.672. The van der Waals surface area contributed by atoms with Crippen molar-refractivity contribution in [2.24, 2.45) is 0 Å². The summed E-state index contributed by atoms with van der Waals surface area (Å²) in [6.07, 6.45) is 6.56. The van der Waals surface area contributed by atoms with Gasteiger partial charge in [0.2, 0.25) is 0 Å². The number of benzene rings is 1. The number of aliphatic hydroxyl groups excluding tert-OH is 1. The van der Waals surface area contributed by atoms with Crippen molar-refractivity contribution in [1.29, 1.82) is 0 Å². The Morgan fingerprint density at radius 1 is 1.32 bits per heavy atom. The van der Waals surface area contributed by atoms with Crippen LogP contribution in [0.1, 0.15) is 23.6 Å². The molecule has 0 amide bonds. The average Bonchev–Trinajstić information content (AvgIpc) is 3.00. The second kappa shape index (κ2) is 5.81. The number of nitrogen functional groups attached to an aromatic ring is 1. The lowest BCUT2D eigenvalue weighted by Crippen LogP contribution is -2.24. The van der Waals surface area contributed by atoms with Crippen LogP contribution in [0.25, 0.3) is 11.1 Å². The van der Waals surface area contributed by atoms with Gasteiger partial charge < -0.3 is 15.4 Å². The zero-order valence-electron chi connectivity index (χ0n) is 12.5. The van der Waals surface area contributed by atoms with E-state index in [1.54, 1.807) is 18.3 Å². The average molecular weight is 296 g/mol. The Hall–Kier alpha value is -2.33. The van der Waals surface area contributed by atoms with Crippen molar-refractivity contribution in [2.75, 3.05) is 12.3 Å². The molecule has 0 aliphatic heterocycles. The van der Waals surface area contributed by atoms with Crippen LogP contribution in [0.4, 0.5) is 5.69 Å². The molecule has 0 spiro atoms. The molecule has 1 unspecified atom stereocenters. The Labute approximate surface area is 129 Å². The SMILES string of the molecule is C=CC(CO)n1cc(-c2ccc3c(c2N)CCC3)ccc1=O. The summed E-state index contributed by atoms with van der Waals surface area (Å²) in [7, 11) is 0. The maximum Gasteiger partial charge on any atom is 0.251 e. The van der Waals surface area contributed by atoms with E-state index in [-0.39, 0.29) is 12.2 Å². The van der Waals surface area contributed by atoms with E-state index in [0.717, 1.165) is 36.1 Å². The van der Waals surface area contributed by atoms with Gasteiger partial charge in [-0.1, -0.05) is 18.2 Å².